The SMILES string of the molecule is CCNC1CC2(CCCC2C)Oc2ccc(Cl)cc21. The van der Waals surface area contributed by atoms with E-state index in [2.05, 4.69) is 25.2 Å². The molecule has 1 saturated carbocycles. The van der Waals surface area contributed by atoms with Crippen molar-refractivity contribution in [3.63, 3.8) is 0 Å². The van der Waals surface area contributed by atoms with Gasteiger partial charge >= 0.3 is 0 Å². The molecule has 3 unspecified atom stereocenters. The molecule has 19 heavy (non-hydrogen) atoms. The molecular weight excluding hydrogens is 258 g/mol. The van der Waals surface area contributed by atoms with E-state index in [0.29, 0.717) is 12.0 Å². The van der Waals surface area contributed by atoms with Crippen LogP contribution in [0.1, 0.15) is 51.1 Å². The Morgan fingerprint density at radius 1 is 1.47 bits per heavy atom. The number of benzene rings is 1. The molecule has 1 aliphatic carbocycles. The van der Waals surface area contributed by atoms with Gasteiger partial charge in [0.1, 0.15) is 11.4 Å². The fourth-order valence-electron chi connectivity index (χ4n) is 3.70. The molecule has 2 aliphatic rings. The summed E-state index contributed by atoms with van der Waals surface area (Å²) in [5.41, 5.74) is 1.26. The summed E-state index contributed by atoms with van der Waals surface area (Å²) >= 11 is 6.14. The number of nitrogens with one attached hydrogen (secondary N) is 1. The average Bonchev–Trinajstić information content (AvgIpc) is 2.72. The first-order valence-electron chi connectivity index (χ1n) is 7.36. The van der Waals surface area contributed by atoms with E-state index in [1.54, 1.807) is 0 Å². The van der Waals surface area contributed by atoms with Crippen molar-refractivity contribution >= 4 is 11.6 Å². The van der Waals surface area contributed by atoms with Crippen molar-refractivity contribution in [2.24, 2.45) is 5.92 Å². The van der Waals surface area contributed by atoms with E-state index in [9.17, 15) is 0 Å². The second-order valence-corrected chi connectivity index (χ2v) is 6.39. The van der Waals surface area contributed by atoms with E-state index in [-0.39, 0.29) is 5.60 Å². The first-order valence-corrected chi connectivity index (χ1v) is 7.74. The van der Waals surface area contributed by atoms with Gasteiger partial charge in [-0.05, 0) is 49.9 Å². The van der Waals surface area contributed by atoms with Gasteiger partial charge in [0.2, 0.25) is 0 Å². The van der Waals surface area contributed by atoms with Crippen molar-refractivity contribution in [2.45, 2.75) is 51.2 Å². The molecule has 0 saturated heterocycles. The smallest absolute Gasteiger partial charge is 0.125 e. The highest BCUT2D eigenvalue weighted by atomic mass is 35.5. The van der Waals surface area contributed by atoms with E-state index in [0.717, 1.165) is 23.7 Å². The second-order valence-electron chi connectivity index (χ2n) is 5.96. The van der Waals surface area contributed by atoms with Crippen LogP contribution in [0.3, 0.4) is 0 Å². The maximum absolute atomic E-state index is 6.43. The van der Waals surface area contributed by atoms with Gasteiger partial charge in [0.05, 0.1) is 0 Å². The van der Waals surface area contributed by atoms with Crippen molar-refractivity contribution in [3.8, 4) is 5.75 Å². The molecule has 1 spiro atoms. The van der Waals surface area contributed by atoms with Crippen LogP contribution >= 0.6 is 11.6 Å². The lowest BCUT2D eigenvalue weighted by molar-refractivity contribution is 0.00205. The second kappa shape index (κ2) is 4.99. The molecule has 1 N–H and O–H groups in total. The molecule has 0 bridgehead atoms. The first kappa shape index (κ1) is 13.3. The van der Waals surface area contributed by atoms with Gasteiger partial charge in [-0.3, -0.25) is 0 Å². The van der Waals surface area contributed by atoms with Crippen molar-refractivity contribution in [1.29, 1.82) is 0 Å². The topological polar surface area (TPSA) is 21.3 Å². The lowest BCUT2D eigenvalue weighted by atomic mass is 9.81. The van der Waals surface area contributed by atoms with Gasteiger partial charge in [-0.2, -0.15) is 0 Å². The normalized spacial score (nSPS) is 33.2. The van der Waals surface area contributed by atoms with Crippen LogP contribution in [0.15, 0.2) is 18.2 Å². The van der Waals surface area contributed by atoms with E-state index in [4.69, 9.17) is 16.3 Å². The number of hydrogen-bond acceptors (Lipinski definition) is 2. The van der Waals surface area contributed by atoms with E-state index < -0.39 is 0 Å². The summed E-state index contributed by atoms with van der Waals surface area (Å²) in [6.07, 6.45) is 4.80. The number of rotatable bonds is 2. The van der Waals surface area contributed by atoms with Crippen molar-refractivity contribution < 1.29 is 4.74 Å². The Hall–Kier alpha value is -0.730. The predicted molar refractivity (Wildman–Crippen MR) is 78.9 cm³/mol. The van der Waals surface area contributed by atoms with Crippen LogP contribution in [0.5, 0.6) is 5.75 Å². The number of ether oxygens (including phenoxy) is 1. The average molecular weight is 280 g/mol. The summed E-state index contributed by atoms with van der Waals surface area (Å²) in [4.78, 5) is 0. The van der Waals surface area contributed by atoms with Crippen LogP contribution in [0.2, 0.25) is 5.02 Å². The highest BCUT2D eigenvalue weighted by molar-refractivity contribution is 6.30. The summed E-state index contributed by atoms with van der Waals surface area (Å²) in [6.45, 7) is 5.46. The molecule has 1 aliphatic heterocycles. The highest BCUT2D eigenvalue weighted by Crippen LogP contribution is 2.50. The zero-order chi connectivity index (χ0) is 13.5. The summed E-state index contributed by atoms with van der Waals surface area (Å²) < 4.78 is 6.43. The molecule has 2 nitrogen and oxygen atoms in total. The molecule has 1 heterocycles. The molecule has 1 fully saturated rings. The lowest BCUT2D eigenvalue weighted by Crippen LogP contribution is -2.46. The van der Waals surface area contributed by atoms with Crippen LogP contribution in [-0.2, 0) is 0 Å². The predicted octanol–water partition coefficient (Wildman–Crippen LogP) is 4.33. The molecule has 3 atom stereocenters. The van der Waals surface area contributed by atoms with Crippen LogP contribution in [0, 0.1) is 5.92 Å². The molecule has 0 aromatic heterocycles. The van der Waals surface area contributed by atoms with Gasteiger partial charge in [-0.15, -0.1) is 0 Å². The Kier molecular flexibility index (Phi) is 3.48. The molecule has 3 rings (SSSR count). The molecular formula is C16H22ClNO. The minimum absolute atomic E-state index is 0.0354. The molecule has 0 amide bonds. The summed E-state index contributed by atoms with van der Waals surface area (Å²) in [5.74, 6) is 1.66. The van der Waals surface area contributed by atoms with Crippen LogP contribution < -0.4 is 10.1 Å². The minimum atomic E-state index is 0.0354. The van der Waals surface area contributed by atoms with Crippen molar-refractivity contribution in [1.82, 2.24) is 5.32 Å². The van der Waals surface area contributed by atoms with Gasteiger partial charge in [0, 0.05) is 23.0 Å². The molecule has 1 aromatic rings. The fourth-order valence-corrected chi connectivity index (χ4v) is 3.88. The lowest BCUT2D eigenvalue weighted by Gasteiger charge is -2.43. The van der Waals surface area contributed by atoms with Crippen LogP contribution in [0.25, 0.3) is 0 Å². The Morgan fingerprint density at radius 3 is 3.00 bits per heavy atom. The number of halogens is 1. The third kappa shape index (κ3) is 2.25. The Balaban J connectivity index is 1.99. The highest BCUT2D eigenvalue weighted by Gasteiger charge is 2.47. The zero-order valence-electron chi connectivity index (χ0n) is 11.7. The van der Waals surface area contributed by atoms with Gasteiger partial charge in [-0.25, -0.2) is 0 Å². The van der Waals surface area contributed by atoms with E-state index in [1.807, 2.05) is 12.1 Å². The Labute approximate surface area is 120 Å². The van der Waals surface area contributed by atoms with Gasteiger partial charge in [0.25, 0.3) is 0 Å². The minimum Gasteiger partial charge on any atom is -0.487 e. The largest absolute Gasteiger partial charge is 0.487 e. The maximum atomic E-state index is 6.43. The maximum Gasteiger partial charge on any atom is 0.125 e. The van der Waals surface area contributed by atoms with E-state index in [1.165, 1.54) is 24.8 Å². The molecule has 3 heteroatoms. The van der Waals surface area contributed by atoms with Gasteiger partial charge < -0.3 is 10.1 Å². The fraction of sp³-hybridized carbons (Fsp3) is 0.625. The molecule has 0 radical (unpaired) electrons. The third-order valence-corrected chi connectivity index (χ3v) is 5.03. The van der Waals surface area contributed by atoms with Crippen LogP contribution in [-0.4, -0.2) is 12.1 Å². The first-order chi connectivity index (χ1) is 9.14. The monoisotopic (exact) mass is 279 g/mol. The third-order valence-electron chi connectivity index (χ3n) is 4.80. The summed E-state index contributed by atoms with van der Waals surface area (Å²) in [6, 6.07) is 6.39. The molecule has 104 valence electrons. The number of hydrogen-bond donors (Lipinski definition) is 1. The summed E-state index contributed by atoms with van der Waals surface area (Å²) in [7, 11) is 0. The quantitative estimate of drug-likeness (QED) is 0.870. The Bertz CT molecular complexity index is 476. The molecule has 1 aromatic carbocycles. The standard InChI is InChI=1S/C16H22ClNO/c1-3-18-14-10-16(8-4-5-11(16)2)19-15-7-6-12(17)9-13(14)15/h6-7,9,11,14,18H,3-5,8,10H2,1-2H3. The van der Waals surface area contributed by atoms with Gasteiger partial charge in [-0.1, -0.05) is 25.4 Å². The summed E-state index contributed by atoms with van der Waals surface area (Å²) in [5, 5.41) is 4.39. The number of fused-ring (bicyclic) bond motifs is 1. The van der Waals surface area contributed by atoms with Gasteiger partial charge in [0.15, 0.2) is 0 Å². The Morgan fingerprint density at radius 2 is 2.32 bits per heavy atom. The zero-order valence-corrected chi connectivity index (χ0v) is 12.5. The van der Waals surface area contributed by atoms with Crippen molar-refractivity contribution in [3.05, 3.63) is 28.8 Å². The van der Waals surface area contributed by atoms with Crippen molar-refractivity contribution in [2.75, 3.05) is 6.54 Å². The van der Waals surface area contributed by atoms with E-state index >= 15 is 0 Å². The van der Waals surface area contributed by atoms with Crippen LogP contribution in [0.4, 0.5) is 0 Å².